The van der Waals surface area contributed by atoms with Gasteiger partial charge in [0.2, 0.25) is 0 Å². The third-order valence-electron chi connectivity index (χ3n) is 1.81. The highest BCUT2D eigenvalue weighted by molar-refractivity contribution is 4.89. The first-order valence-corrected chi connectivity index (χ1v) is 3.18. The fraction of sp³-hybridized carbons (Fsp3) is 1.00. The van der Waals surface area contributed by atoms with Crippen LogP contribution in [0, 0.1) is 5.92 Å². The van der Waals surface area contributed by atoms with Crippen LogP contribution in [0.25, 0.3) is 0 Å². The minimum atomic E-state index is 0.937. The molecule has 40 valence electrons. The van der Waals surface area contributed by atoms with E-state index >= 15 is 0 Å². The van der Waals surface area contributed by atoms with Crippen molar-refractivity contribution in [3.05, 3.63) is 0 Å². The minimum Gasteiger partial charge on any atom is -0.311 e. The maximum Gasteiger partial charge on any atom is 0.0195 e. The molecule has 0 spiro atoms. The Morgan fingerprint density at radius 3 is 2.57 bits per heavy atom. The van der Waals surface area contributed by atoms with Gasteiger partial charge in [0.25, 0.3) is 0 Å². The smallest absolute Gasteiger partial charge is 0.0195 e. The van der Waals surface area contributed by atoms with Gasteiger partial charge in [-0.3, -0.25) is 0 Å². The Hall–Kier alpha value is -0.0400. The summed E-state index contributed by atoms with van der Waals surface area (Å²) in [7, 11) is 0. The van der Waals surface area contributed by atoms with Gasteiger partial charge >= 0.3 is 0 Å². The Kier molecular flexibility index (Phi) is 0.680. The van der Waals surface area contributed by atoms with Gasteiger partial charge in [-0.15, -0.1) is 0 Å². The summed E-state index contributed by atoms with van der Waals surface area (Å²) in [6.07, 6.45) is 4.50. The molecular formula is C6H11N. The van der Waals surface area contributed by atoms with Crippen LogP contribution in [0.5, 0.6) is 0 Å². The number of hydrogen-bond donors (Lipinski definition) is 1. The van der Waals surface area contributed by atoms with Gasteiger partial charge in [0.05, 0.1) is 0 Å². The van der Waals surface area contributed by atoms with E-state index in [1.807, 2.05) is 0 Å². The molecule has 1 heteroatoms. The van der Waals surface area contributed by atoms with E-state index in [2.05, 4.69) is 5.32 Å². The van der Waals surface area contributed by atoms with Gasteiger partial charge in [0.1, 0.15) is 0 Å². The van der Waals surface area contributed by atoms with Crippen LogP contribution in [0.3, 0.4) is 0 Å². The lowest BCUT2D eigenvalue weighted by Crippen LogP contribution is -1.89. The van der Waals surface area contributed by atoms with Crippen LogP contribution in [0.1, 0.15) is 19.3 Å². The molecule has 2 aliphatic rings. The van der Waals surface area contributed by atoms with Crippen LogP contribution in [-0.2, 0) is 0 Å². The fourth-order valence-corrected chi connectivity index (χ4v) is 1.01. The van der Waals surface area contributed by atoms with Gasteiger partial charge in [-0.1, -0.05) is 12.8 Å². The predicted molar refractivity (Wildman–Crippen MR) is 29.1 cm³/mol. The summed E-state index contributed by atoms with van der Waals surface area (Å²) < 4.78 is 0. The average Bonchev–Trinajstić information content (AvgIpc) is 2.33. The Balaban J connectivity index is 1.69. The summed E-state index contributed by atoms with van der Waals surface area (Å²) in [6.45, 7) is 1.30. The van der Waals surface area contributed by atoms with E-state index in [0.29, 0.717) is 0 Å². The highest BCUT2D eigenvalue weighted by atomic mass is 15.1. The third-order valence-corrected chi connectivity index (χ3v) is 1.81. The molecule has 1 aliphatic carbocycles. The number of hydrogen-bond acceptors (Lipinski definition) is 1. The summed E-state index contributed by atoms with van der Waals surface area (Å²) >= 11 is 0. The molecule has 1 saturated carbocycles. The maximum absolute atomic E-state index is 3.31. The van der Waals surface area contributed by atoms with E-state index in [4.69, 9.17) is 0 Å². The molecule has 0 amide bonds. The van der Waals surface area contributed by atoms with Crippen molar-refractivity contribution in [1.82, 2.24) is 5.32 Å². The molecular weight excluding hydrogens is 86.1 g/mol. The van der Waals surface area contributed by atoms with Crippen molar-refractivity contribution in [2.24, 2.45) is 5.92 Å². The number of nitrogens with one attached hydrogen (secondary N) is 1. The van der Waals surface area contributed by atoms with E-state index in [-0.39, 0.29) is 0 Å². The number of rotatable bonds is 2. The lowest BCUT2D eigenvalue weighted by molar-refractivity contribution is 0.714. The Bertz CT molecular complexity index is 62.2. The average molecular weight is 97.2 g/mol. The zero-order valence-corrected chi connectivity index (χ0v) is 4.48. The summed E-state index contributed by atoms with van der Waals surface area (Å²) in [5.74, 6) is 1.12. The second-order valence-electron chi connectivity index (χ2n) is 2.78. The molecule has 1 heterocycles. The fourth-order valence-electron chi connectivity index (χ4n) is 1.01. The van der Waals surface area contributed by atoms with Gasteiger partial charge < -0.3 is 5.32 Å². The van der Waals surface area contributed by atoms with E-state index in [9.17, 15) is 0 Å². The lowest BCUT2D eigenvalue weighted by atomic mass is 10.2. The normalized spacial score (nSPS) is 38.6. The molecule has 0 aromatic rings. The molecule has 7 heavy (non-hydrogen) atoms. The molecule has 0 radical (unpaired) electrons. The zero-order valence-electron chi connectivity index (χ0n) is 4.48. The molecule has 1 aliphatic heterocycles. The van der Waals surface area contributed by atoms with Gasteiger partial charge in [0.15, 0.2) is 0 Å². The van der Waals surface area contributed by atoms with Crippen molar-refractivity contribution in [2.45, 2.75) is 25.3 Å². The third kappa shape index (κ3) is 0.942. The lowest BCUT2D eigenvalue weighted by Gasteiger charge is -1.85. The van der Waals surface area contributed by atoms with E-state index in [0.717, 1.165) is 12.0 Å². The summed E-state index contributed by atoms with van der Waals surface area (Å²) in [5.41, 5.74) is 0. The van der Waals surface area contributed by atoms with Crippen LogP contribution in [-0.4, -0.2) is 12.6 Å². The van der Waals surface area contributed by atoms with Gasteiger partial charge in [-0.25, -0.2) is 0 Å². The van der Waals surface area contributed by atoms with Gasteiger partial charge in [-0.05, 0) is 12.3 Å². The van der Waals surface area contributed by atoms with Crippen molar-refractivity contribution >= 4 is 0 Å². The summed E-state index contributed by atoms with van der Waals surface area (Å²) in [5, 5.41) is 3.31. The first-order chi connectivity index (χ1) is 3.45. The zero-order chi connectivity index (χ0) is 4.69. The first kappa shape index (κ1) is 3.90. The van der Waals surface area contributed by atoms with Crippen LogP contribution < -0.4 is 5.32 Å². The monoisotopic (exact) mass is 97.1 g/mol. The summed E-state index contributed by atoms with van der Waals surface area (Å²) in [4.78, 5) is 0. The maximum atomic E-state index is 3.31. The topological polar surface area (TPSA) is 21.9 Å². The van der Waals surface area contributed by atoms with Crippen molar-refractivity contribution in [3.8, 4) is 0 Å². The van der Waals surface area contributed by atoms with Crippen molar-refractivity contribution < 1.29 is 0 Å². The van der Waals surface area contributed by atoms with Gasteiger partial charge in [0, 0.05) is 12.6 Å². The van der Waals surface area contributed by atoms with Crippen molar-refractivity contribution in [1.29, 1.82) is 0 Å². The molecule has 1 saturated heterocycles. The second-order valence-corrected chi connectivity index (χ2v) is 2.78. The minimum absolute atomic E-state index is 0.937. The van der Waals surface area contributed by atoms with E-state index in [1.165, 1.54) is 25.8 Å². The molecule has 1 nitrogen and oxygen atoms in total. The highest BCUT2D eigenvalue weighted by Gasteiger charge is 2.30. The van der Waals surface area contributed by atoms with E-state index < -0.39 is 0 Å². The largest absolute Gasteiger partial charge is 0.311 e. The quantitative estimate of drug-likeness (QED) is 0.505. The molecule has 0 bridgehead atoms. The van der Waals surface area contributed by atoms with Crippen LogP contribution >= 0.6 is 0 Å². The van der Waals surface area contributed by atoms with Crippen LogP contribution in [0.15, 0.2) is 0 Å². The van der Waals surface area contributed by atoms with Crippen molar-refractivity contribution in [2.75, 3.05) is 6.54 Å². The molecule has 0 aromatic heterocycles. The standard InChI is InChI=1S/C6H11N/c1-2-5(1)3-6-4-7-6/h5-7H,1-4H2. The molecule has 1 atom stereocenters. The molecule has 1 unspecified atom stereocenters. The Labute approximate surface area is 44.1 Å². The highest BCUT2D eigenvalue weighted by Crippen LogP contribution is 2.34. The molecule has 2 fully saturated rings. The molecule has 2 rings (SSSR count). The van der Waals surface area contributed by atoms with Crippen LogP contribution in [0.2, 0.25) is 0 Å². The predicted octanol–water partition coefficient (Wildman–Crippen LogP) is 0.758. The Morgan fingerprint density at radius 2 is 2.14 bits per heavy atom. The van der Waals surface area contributed by atoms with Crippen LogP contribution in [0.4, 0.5) is 0 Å². The van der Waals surface area contributed by atoms with E-state index in [1.54, 1.807) is 0 Å². The SMILES string of the molecule is C1CC1CC1CN1. The second kappa shape index (κ2) is 1.22. The Morgan fingerprint density at radius 1 is 1.43 bits per heavy atom. The molecule has 1 N–H and O–H groups in total. The summed E-state index contributed by atoms with van der Waals surface area (Å²) in [6, 6.07) is 0.937. The van der Waals surface area contributed by atoms with Crippen molar-refractivity contribution in [3.63, 3.8) is 0 Å². The van der Waals surface area contributed by atoms with Gasteiger partial charge in [-0.2, -0.15) is 0 Å². The first-order valence-electron chi connectivity index (χ1n) is 3.18. The molecule has 0 aromatic carbocycles.